The van der Waals surface area contributed by atoms with Crippen LogP contribution in [0.2, 0.25) is 0 Å². The van der Waals surface area contributed by atoms with Crippen LogP contribution in [0.5, 0.6) is 23.0 Å². The van der Waals surface area contributed by atoms with Crippen LogP contribution in [-0.2, 0) is 25.5 Å². The first-order valence-electron chi connectivity index (χ1n) is 13.3. The summed E-state index contributed by atoms with van der Waals surface area (Å²) in [7, 11) is 6.41. The van der Waals surface area contributed by atoms with Crippen molar-refractivity contribution in [3.63, 3.8) is 0 Å². The van der Waals surface area contributed by atoms with E-state index < -0.39 is 51.9 Å². The van der Waals surface area contributed by atoms with E-state index in [1.807, 2.05) is 0 Å². The van der Waals surface area contributed by atoms with E-state index in [-0.39, 0.29) is 29.1 Å². The lowest BCUT2D eigenvalue weighted by Gasteiger charge is -2.60. The van der Waals surface area contributed by atoms with Crippen molar-refractivity contribution < 1.29 is 48.3 Å². The molecule has 0 radical (unpaired) electrons. The van der Waals surface area contributed by atoms with Crippen molar-refractivity contribution in [3.8, 4) is 23.0 Å². The zero-order valence-corrected chi connectivity index (χ0v) is 24.7. The predicted molar refractivity (Wildman–Crippen MR) is 153 cm³/mol. The molecule has 6 aliphatic rings. The van der Waals surface area contributed by atoms with Gasteiger partial charge in [-0.15, -0.1) is 0 Å². The Morgan fingerprint density at radius 1 is 0.953 bits per heavy atom. The molecule has 8 rings (SSSR count). The van der Waals surface area contributed by atoms with E-state index in [0.29, 0.717) is 17.1 Å². The first-order chi connectivity index (χ1) is 20.7. The lowest BCUT2D eigenvalue weighted by Crippen LogP contribution is -2.80. The van der Waals surface area contributed by atoms with Gasteiger partial charge in [-0.25, -0.2) is 4.79 Å². The molecular weight excluding hydrogens is 600 g/mol. The van der Waals surface area contributed by atoms with Crippen LogP contribution in [0.1, 0.15) is 15.9 Å². The van der Waals surface area contributed by atoms with Crippen LogP contribution >= 0.6 is 21.6 Å². The zero-order chi connectivity index (χ0) is 30.3. The highest BCUT2D eigenvalue weighted by Gasteiger charge is 2.78. The van der Waals surface area contributed by atoms with Crippen molar-refractivity contribution in [2.45, 2.75) is 40.5 Å². The lowest BCUT2D eigenvalue weighted by molar-refractivity contribution is -0.175. The van der Waals surface area contributed by atoms with Gasteiger partial charge in [0.1, 0.15) is 24.4 Å². The van der Waals surface area contributed by atoms with Gasteiger partial charge in [0.05, 0.1) is 32.3 Å². The summed E-state index contributed by atoms with van der Waals surface area (Å²) in [6, 6.07) is 8.47. The van der Waals surface area contributed by atoms with Crippen LogP contribution in [0.25, 0.3) is 0 Å². The van der Waals surface area contributed by atoms with Gasteiger partial charge in [0.15, 0.2) is 23.0 Å². The minimum Gasteiger partial charge on any atom is -0.493 e. The van der Waals surface area contributed by atoms with Gasteiger partial charge in [0.25, 0.3) is 11.8 Å². The second-order valence-corrected chi connectivity index (χ2v) is 13.1. The van der Waals surface area contributed by atoms with Gasteiger partial charge < -0.3 is 43.7 Å². The molecule has 7 bridgehead atoms. The average molecular weight is 627 g/mol. The number of esters is 1. The van der Waals surface area contributed by atoms with Crippen LogP contribution < -0.4 is 14.2 Å². The first kappa shape index (κ1) is 28.0. The number of hydrogen-bond donors (Lipinski definition) is 2. The van der Waals surface area contributed by atoms with Crippen molar-refractivity contribution in [3.05, 3.63) is 71.7 Å². The molecule has 2 aromatic carbocycles. The van der Waals surface area contributed by atoms with Crippen molar-refractivity contribution in [1.29, 1.82) is 0 Å². The first-order valence-corrected chi connectivity index (χ1v) is 15.4. The third-order valence-electron chi connectivity index (χ3n) is 8.43. The molecule has 6 heterocycles. The molecule has 2 N–H and O–H groups in total. The quantitative estimate of drug-likeness (QED) is 0.373. The van der Waals surface area contributed by atoms with E-state index in [2.05, 4.69) is 0 Å². The summed E-state index contributed by atoms with van der Waals surface area (Å²) in [6.07, 6.45) is -0.0442. The van der Waals surface area contributed by atoms with Crippen LogP contribution in [0.3, 0.4) is 0 Å². The summed E-state index contributed by atoms with van der Waals surface area (Å²) in [5.41, 5.74) is 0.902. The lowest BCUT2D eigenvalue weighted by atomic mass is 9.94. The number of benzene rings is 2. The standard InChI is InChI=1S/C29H26N2O10S2/c1-30-26(35)29-24(33)16-13-39-9-8-19-23(16)31(29)27(36)28(30,42-43-29)22(32)11-14-4-6-17(37-2)20(10-14)40-21-12-15(25(34)41-19)5-7-18(21)38-3/h4-10,12-13,19,22-24,32-33H,11H2,1-3H3. The topological polar surface area (TPSA) is 144 Å². The van der Waals surface area contributed by atoms with Gasteiger partial charge in [-0.05, 0) is 63.6 Å². The number of rotatable bonds is 2. The number of piperazine rings is 1. The molecule has 2 spiro atoms. The third kappa shape index (κ3) is 3.70. The molecule has 0 aliphatic carbocycles. The van der Waals surface area contributed by atoms with E-state index in [1.54, 1.807) is 24.3 Å². The molecule has 4 fully saturated rings. The Morgan fingerprint density at radius 3 is 2.40 bits per heavy atom. The fourth-order valence-corrected chi connectivity index (χ4v) is 10.1. The normalized spacial score (nSPS) is 32.4. The number of aliphatic hydroxyl groups is 2. The summed E-state index contributed by atoms with van der Waals surface area (Å²) in [5, 5.41) is 23.4. The maximum atomic E-state index is 14.6. The molecule has 0 aromatic heterocycles. The molecule has 224 valence electrons. The summed E-state index contributed by atoms with van der Waals surface area (Å²) >= 11 is 0. The number of hydrogen-bond acceptors (Lipinski definition) is 12. The largest absolute Gasteiger partial charge is 0.493 e. The number of amides is 2. The van der Waals surface area contributed by atoms with E-state index in [4.69, 9.17) is 23.7 Å². The molecule has 6 aliphatic heterocycles. The van der Waals surface area contributed by atoms with Crippen molar-refractivity contribution >= 4 is 39.4 Å². The van der Waals surface area contributed by atoms with Gasteiger partial charge in [-0.3, -0.25) is 9.59 Å². The van der Waals surface area contributed by atoms with Crippen molar-refractivity contribution in [2.75, 3.05) is 21.3 Å². The molecule has 43 heavy (non-hydrogen) atoms. The smallest absolute Gasteiger partial charge is 0.338 e. The number of methoxy groups -OCH3 is 2. The minimum atomic E-state index is -1.76. The second-order valence-electron chi connectivity index (χ2n) is 10.6. The van der Waals surface area contributed by atoms with Crippen molar-refractivity contribution in [1.82, 2.24) is 9.80 Å². The van der Waals surface area contributed by atoms with Gasteiger partial charge in [-0.2, -0.15) is 0 Å². The Kier molecular flexibility index (Phi) is 6.40. The number of aliphatic hydroxyl groups excluding tert-OH is 2. The molecule has 2 aromatic rings. The molecule has 4 saturated heterocycles. The average Bonchev–Trinajstić information content (AvgIpc) is 3.10. The molecule has 2 amide bonds. The molecular formula is C29H26N2O10S2. The fraction of sp³-hybridized carbons (Fsp3) is 0.345. The van der Waals surface area contributed by atoms with E-state index in [0.717, 1.165) is 21.6 Å². The molecule has 6 atom stereocenters. The van der Waals surface area contributed by atoms with Gasteiger partial charge in [-0.1, -0.05) is 6.07 Å². The summed E-state index contributed by atoms with van der Waals surface area (Å²) in [4.78, 5) is 41.2. The zero-order valence-electron chi connectivity index (χ0n) is 23.1. The maximum Gasteiger partial charge on any atom is 0.338 e. The Labute approximate surface area is 253 Å². The Morgan fingerprint density at radius 2 is 1.65 bits per heavy atom. The third-order valence-corrected chi connectivity index (χ3v) is 12.1. The van der Waals surface area contributed by atoms with Gasteiger partial charge in [0.2, 0.25) is 9.74 Å². The fourth-order valence-electron chi connectivity index (χ4n) is 6.24. The SMILES string of the molecule is COc1ccc2cc1Oc1cc(ccc1OC)C(=O)OC1C=COC=C3C1N1C(=O)C4(SSC1(C(=O)N4C)C3O)C(O)C2. The van der Waals surface area contributed by atoms with Gasteiger partial charge >= 0.3 is 5.97 Å². The highest BCUT2D eigenvalue weighted by molar-refractivity contribution is 8.78. The molecule has 12 nitrogen and oxygen atoms in total. The number of ether oxygens (including phenoxy) is 5. The summed E-state index contributed by atoms with van der Waals surface area (Å²) in [5.74, 6) is -0.731. The highest BCUT2D eigenvalue weighted by atomic mass is 33.1. The number of fused-ring (bicyclic) bond motifs is 6. The molecule has 0 saturated carbocycles. The second kappa shape index (κ2) is 9.84. The monoisotopic (exact) mass is 626 g/mol. The Hall–Kier alpha value is -3.85. The van der Waals surface area contributed by atoms with Crippen LogP contribution in [-0.4, -0.2) is 93.2 Å². The maximum absolute atomic E-state index is 14.6. The van der Waals surface area contributed by atoms with E-state index >= 15 is 0 Å². The molecule has 14 heteroatoms. The predicted octanol–water partition coefficient (Wildman–Crippen LogP) is 2.20. The number of likely N-dealkylation sites (N-methyl/N-ethyl adjacent to an activating group) is 1. The summed E-state index contributed by atoms with van der Waals surface area (Å²) in [6.45, 7) is 0. The Bertz CT molecular complexity index is 1630. The number of nitrogens with zero attached hydrogens (tertiary/aromatic N) is 2. The molecule has 6 unspecified atom stereocenters. The van der Waals surface area contributed by atoms with E-state index in [1.165, 1.54) is 61.8 Å². The van der Waals surface area contributed by atoms with Crippen LogP contribution in [0.4, 0.5) is 0 Å². The highest BCUT2D eigenvalue weighted by Crippen LogP contribution is 2.65. The minimum absolute atomic E-state index is 0.0351. The van der Waals surface area contributed by atoms with Gasteiger partial charge in [0, 0.05) is 19.0 Å². The Balaban J connectivity index is 1.44. The number of carbonyl (C=O) groups is 3. The van der Waals surface area contributed by atoms with Crippen molar-refractivity contribution in [2.24, 2.45) is 0 Å². The van der Waals surface area contributed by atoms with Crippen LogP contribution in [0, 0.1) is 0 Å². The van der Waals surface area contributed by atoms with Crippen LogP contribution in [0.15, 0.2) is 60.6 Å². The summed E-state index contributed by atoms with van der Waals surface area (Å²) < 4.78 is 28.6. The number of carbonyl (C=O) groups excluding carboxylic acids is 3. The van der Waals surface area contributed by atoms with E-state index in [9.17, 15) is 24.6 Å².